The van der Waals surface area contributed by atoms with Crippen molar-refractivity contribution in [3.63, 3.8) is 0 Å². The lowest BCUT2D eigenvalue weighted by atomic mass is 10.1. The molecule has 7 heteroatoms. The molecule has 0 unspecified atom stereocenters. The number of hydrogen-bond acceptors (Lipinski definition) is 3. The third-order valence-electron chi connectivity index (χ3n) is 4.77. The Kier molecular flexibility index (Phi) is 4.03. The number of carboxylic acid groups (broad SMARTS) is 1. The lowest BCUT2D eigenvalue weighted by Crippen LogP contribution is -2.26. The quantitative estimate of drug-likeness (QED) is 0.760. The molecule has 3 rings (SSSR count). The summed E-state index contributed by atoms with van der Waals surface area (Å²) in [5, 5.41) is 15.0. The fourth-order valence-corrected chi connectivity index (χ4v) is 3.28. The number of halogens is 1. The average molecular weight is 351 g/mol. The number of carbonyl (C=O) groups is 3. The van der Waals surface area contributed by atoms with Gasteiger partial charge in [-0.3, -0.25) is 14.4 Å². The number of aliphatic carboxylic acids is 1. The largest absolute Gasteiger partial charge is 0.481 e. The van der Waals surface area contributed by atoms with E-state index < -0.39 is 23.2 Å². The van der Waals surface area contributed by atoms with Crippen molar-refractivity contribution in [2.45, 2.75) is 32.7 Å². The summed E-state index contributed by atoms with van der Waals surface area (Å²) in [4.78, 5) is 35.7. The van der Waals surface area contributed by atoms with E-state index in [1.165, 1.54) is 6.07 Å². The van der Waals surface area contributed by atoms with Gasteiger partial charge in [0.2, 0.25) is 5.91 Å². The van der Waals surface area contributed by atoms with E-state index >= 15 is 0 Å². The first-order valence-electron chi connectivity index (χ1n) is 7.86. The molecule has 1 aromatic rings. The van der Waals surface area contributed by atoms with Crippen LogP contribution in [-0.4, -0.2) is 28.9 Å². The van der Waals surface area contributed by atoms with Gasteiger partial charge in [-0.2, -0.15) is 0 Å². The highest BCUT2D eigenvalue weighted by molar-refractivity contribution is 6.34. The van der Waals surface area contributed by atoms with E-state index in [4.69, 9.17) is 16.7 Å². The van der Waals surface area contributed by atoms with Crippen LogP contribution in [0, 0.1) is 17.3 Å². The molecular weight excluding hydrogens is 332 g/mol. The van der Waals surface area contributed by atoms with Gasteiger partial charge in [0.25, 0.3) is 5.91 Å². The van der Waals surface area contributed by atoms with Gasteiger partial charge in [0.15, 0.2) is 0 Å². The third-order valence-corrected chi connectivity index (χ3v) is 5.10. The molecule has 2 saturated carbocycles. The zero-order valence-electron chi connectivity index (χ0n) is 13.4. The Bertz CT molecular complexity index is 727. The number of amides is 2. The summed E-state index contributed by atoms with van der Waals surface area (Å²) >= 11 is 6.07. The van der Waals surface area contributed by atoms with Gasteiger partial charge in [0.05, 0.1) is 22.4 Å². The molecule has 2 atom stereocenters. The van der Waals surface area contributed by atoms with Gasteiger partial charge in [-0.25, -0.2) is 0 Å². The molecule has 3 N–H and O–H groups in total. The number of rotatable bonds is 5. The van der Waals surface area contributed by atoms with Gasteiger partial charge in [0, 0.05) is 11.7 Å². The number of carbonyl (C=O) groups excluding carboxylic acids is 2. The van der Waals surface area contributed by atoms with E-state index in [0.29, 0.717) is 16.3 Å². The third kappa shape index (κ3) is 3.11. The average Bonchev–Trinajstić information content (AvgIpc) is 3.37. The van der Waals surface area contributed by atoms with Gasteiger partial charge >= 0.3 is 5.97 Å². The van der Waals surface area contributed by atoms with E-state index in [-0.39, 0.29) is 17.9 Å². The van der Waals surface area contributed by atoms with Crippen molar-refractivity contribution < 1.29 is 19.5 Å². The van der Waals surface area contributed by atoms with Crippen LogP contribution in [0.15, 0.2) is 18.2 Å². The molecule has 2 aliphatic rings. The molecule has 2 fully saturated rings. The zero-order chi connectivity index (χ0) is 17.6. The number of nitrogens with one attached hydrogen (secondary N) is 2. The van der Waals surface area contributed by atoms with Gasteiger partial charge < -0.3 is 15.7 Å². The minimum absolute atomic E-state index is 0.204. The highest BCUT2D eigenvalue weighted by Gasteiger charge is 2.65. The number of hydrogen-bond donors (Lipinski definition) is 3. The Hall–Kier alpha value is -2.08. The molecule has 0 aliphatic heterocycles. The van der Waals surface area contributed by atoms with Crippen LogP contribution >= 0.6 is 11.6 Å². The Morgan fingerprint density at radius 2 is 1.88 bits per heavy atom. The standard InChI is InChI=1S/C17H19ClN2O4/c1-17(2)12(13(17)16(23)24)15(22)20-9-5-6-11(18)10(7-9)14(21)19-8-3-4-8/h5-8,12-13H,3-4H2,1-2H3,(H,19,21)(H,20,22)(H,23,24)/t12-,13+/m0/s1. The maximum Gasteiger partial charge on any atom is 0.307 e. The van der Waals surface area contributed by atoms with Crippen molar-refractivity contribution in [3.8, 4) is 0 Å². The van der Waals surface area contributed by atoms with Crippen LogP contribution in [0.4, 0.5) is 5.69 Å². The molecule has 0 spiro atoms. The summed E-state index contributed by atoms with van der Waals surface area (Å²) < 4.78 is 0. The molecule has 0 radical (unpaired) electrons. The summed E-state index contributed by atoms with van der Waals surface area (Å²) in [7, 11) is 0. The van der Waals surface area contributed by atoms with Crippen LogP contribution in [0.1, 0.15) is 37.0 Å². The maximum absolute atomic E-state index is 12.4. The van der Waals surface area contributed by atoms with Crippen LogP contribution in [0.5, 0.6) is 0 Å². The summed E-state index contributed by atoms with van der Waals surface area (Å²) in [5.74, 6) is -2.88. The minimum atomic E-state index is -0.972. The van der Waals surface area contributed by atoms with Crippen molar-refractivity contribution >= 4 is 35.1 Å². The molecule has 0 saturated heterocycles. The molecule has 0 aromatic heterocycles. The van der Waals surface area contributed by atoms with Crippen molar-refractivity contribution in [3.05, 3.63) is 28.8 Å². The molecule has 1 aromatic carbocycles. The molecule has 0 heterocycles. The van der Waals surface area contributed by atoms with Crippen LogP contribution in [0.25, 0.3) is 0 Å². The molecular formula is C17H19ClN2O4. The molecule has 2 amide bonds. The monoisotopic (exact) mass is 350 g/mol. The zero-order valence-corrected chi connectivity index (χ0v) is 14.2. The van der Waals surface area contributed by atoms with Crippen molar-refractivity contribution in [2.75, 3.05) is 5.32 Å². The minimum Gasteiger partial charge on any atom is -0.481 e. The Morgan fingerprint density at radius 3 is 2.42 bits per heavy atom. The topological polar surface area (TPSA) is 95.5 Å². The van der Waals surface area contributed by atoms with Gasteiger partial charge in [-0.15, -0.1) is 0 Å². The summed E-state index contributed by atoms with van der Waals surface area (Å²) in [6.07, 6.45) is 1.93. The van der Waals surface area contributed by atoms with E-state index in [1.807, 2.05) is 0 Å². The van der Waals surface area contributed by atoms with Crippen LogP contribution in [0.3, 0.4) is 0 Å². The van der Waals surface area contributed by atoms with Crippen LogP contribution in [0.2, 0.25) is 5.02 Å². The second kappa shape index (κ2) is 5.77. The molecule has 24 heavy (non-hydrogen) atoms. The molecule has 6 nitrogen and oxygen atoms in total. The summed E-state index contributed by atoms with van der Waals surface area (Å²) in [6.45, 7) is 3.51. The van der Waals surface area contributed by atoms with Crippen LogP contribution < -0.4 is 10.6 Å². The van der Waals surface area contributed by atoms with E-state index in [9.17, 15) is 14.4 Å². The first-order chi connectivity index (χ1) is 11.2. The molecule has 128 valence electrons. The van der Waals surface area contributed by atoms with Crippen molar-refractivity contribution in [2.24, 2.45) is 17.3 Å². The second-order valence-corrected chi connectivity index (χ2v) is 7.45. The van der Waals surface area contributed by atoms with E-state index in [0.717, 1.165) is 12.8 Å². The predicted molar refractivity (Wildman–Crippen MR) is 89.0 cm³/mol. The maximum atomic E-state index is 12.4. The lowest BCUT2D eigenvalue weighted by Gasteiger charge is -2.10. The molecule has 0 bridgehead atoms. The fourth-order valence-electron chi connectivity index (χ4n) is 3.08. The highest BCUT2D eigenvalue weighted by Crippen LogP contribution is 2.58. The number of anilines is 1. The molecule has 2 aliphatic carbocycles. The fraction of sp³-hybridized carbons (Fsp3) is 0.471. The number of benzene rings is 1. The highest BCUT2D eigenvalue weighted by atomic mass is 35.5. The Labute approximate surface area is 144 Å². The first kappa shape index (κ1) is 16.8. The van der Waals surface area contributed by atoms with E-state index in [1.54, 1.807) is 26.0 Å². The van der Waals surface area contributed by atoms with Crippen molar-refractivity contribution in [1.29, 1.82) is 0 Å². The predicted octanol–water partition coefficient (Wildman–Crippen LogP) is 2.53. The second-order valence-electron chi connectivity index (χ2n) is 7.05. The smallest absolute Gasteiger partial charge is 0.307 e. The van der Waals surface area contributed by atoms with Crippen molar-refractivity contribution in [1.82, 2.24) is 5.32 Å². The first-order valence-corrected chi connectivity index (χ1v) is 8.23. The Balaban J connectivity index is 1.72. The van der Waals surface area contributed by atoms with Gasteiger partial charge in [-0.1, -0.05) is 25.4 Å². The SMILES string of the molecule is CC1(C)[C@H](C(=O)Nc2ccc(Cl)c(C(=O)NC3CC3)c2)[C@@H]1C(=O)O. The van der Waals surface area contributed by atoms with E-state index in [2.05, 4.69) is 10.6 Å². The Morgan fingerprint density at radius 1 is 1.21 bits per heavy atom. The summed E-state index contributed by atoms with van der Waals surface area (Å²) in [5.41, 5.74) is 0.150. The lowest BCUT2D eigenvalue weighted by molar-refractivity contribution is -0.140. The normalized spacial score (nSPS) is 24.1. The van der Waals surface area contributed by atoms with Gasteiger partial charge in [-0.05, 0) is 36.5 Å². The van der Waals surface area contributed by atoms with Gasteiger partial charge in [0.1, 0.15) is 0 Å². The summed E-state index contributed by atoms with van der Waals surface area (Å²) in [6, 6.07) is 4.86. The number of carboxylic acids is 1. The van der Waals surface area contributed by atoms with Crippen LogP contribution in [-0.2, 0) is 9.59 Å².